The Labute approximate surface area is 110 Å². The van der Waals surface area contributed by atoms with Crippen LogP contribution in [0.25, 0.3) is 10.9 Å². The van der Waals surface area contributed by atoms with Crippen LogP contribution in [0.1, 0.15) is 19.3 Å². The summed E-state index contributed by atoms with van der Waals surface area (Å²) in [6, 6.07) is 8.28. The second-order valence-electron chi connectivity index (χ2n) is 4.82. The van der Waals surface area contributed by atoms with Gasteiger partial charge >= 0.3 is 0 Å². The second-order valence-corrected chi connectivity index (χ2v) is 5.97. The highest BCUT2D eigenvalue weighted by molar-refractivity contribution is 7.11. The van der Waals surface area contributed by atoms with Gasteiger partial charge in [0.1, 0.15) is 5.00 Å². The average Bonchev–Trinajstić information content (AvgIpc) is 3.00. The summed E-state index contributed by atoms with van der Waals surface area (Å²) in [4.78, 5) is 0. The zero-order valence-corrected chi connectivity index (χ0v) is 11.2. The Bertz CT molecular complexity index is 519. The summed E-state index contributed by atoms with van der Waals surface area (Å²) >= 11 is 7.40. The molecule has 1 N–H and O–H groups in total. The molecule has 17 heavy (non-hydrogen) atoms. The van der Waals surface area contributed by atoms with Gasteiger partial charge in [-0.3, -0.25) is 0 Å². The van der Waals surface area contributed by atoms with E-state index in [1.165, 1.54) is 23.2 Å². The molecule has 0 radical (unpaired) electrons. The first-order valence-corrected chi connectivity index (χ1v) is 7.28. The molecule has 1 heterocycles. The number of nitrogens with zero attached hydrogens (tertiary/aromatic N) is 1. The van der Waals surface area contributed by atoms with Gasteiger partial charge in [-0.2, -0.15) is 4.37 Å². The van der Waals surface area contributed by atoms with Gasteiger partial charge in [0.2, 0.25) is 0 Å². The number of anilines is 1. The van der Waals surface area contributed by atoms with Crippen LogP contribution in [0.2, 0.25) is 0 Å². The van der Waals surface area contributed by atoms with Crippen LogP contribution in [0.15, 0.2) is 24.3 Å². The van der Waals surface area contributed by atoms with Crippen LogP contribution in [-0.4, -0.2) is 16.8 Å². The van der Waals surface area contributed by atoms with Gasteiger partial charge in [0, 0.05) is 17.8 Å². The van der Waals surface area contributed by atoms with E-state index >= 15 is 0 Å². The molecule has 0 amide bonds. The van der Waals surface area contributed by atoms with E-state index in [4.69, 9.17) is 11.6 Å². The van der Waals surface area contributed by atoms with Gasteiger partial charge in [-0.15, -0.1) is 11.6 Å². The van der Waals surface area contributed by atoms with Gasteiger partial charge in [-0.25, -0.2) is 0 Å². The molecule has 0 unspecified atom stereocenters. The molecule has 0 atom stereocenters. The number of hydrogen-bond acceptors (Lipinski definition) is 3. The maximum absolute atomic E-state index is 5.84. The number of fused-ring (bicyclic) bond motifs is 1. The molecule has 90 valence electrons. The van der Waals surface area contributed by atoms with Crippen LogP contribution in [0.3, 0.4) is 0 Å². The fraction of sp³-hybridized carbons (Fsp3) is 0.462. The lowest BCUT2D eigenvalue weighted by Gasteiger charge is -2.14. The van der Waals surface area contributed by atoms with Gasteiger partial charge in [-0.1, -0.05) is 12.1 Å². The van der Waals surface area contributed by atoms with Crippen molar-refractivity contribution >= 4 is 39.0 Å². The number of halogens is 1. The Kier molecular flexibility index (Phi) is 2.97. The maximum atomic E-state index is 5.84. The molecule has 1 aromatic carbocycles. The first kappa shape index (κ1) is 11.3. The standard InChI is InChI=1S/C13H15ClN2S/c14-8-7-13(5-6-13)9-15-12-10-3-1-2-4-11(10)16-17-12/h1-4,15H,5-9H2. The van der Waals surface area contributed by atoms with Crippen molar-refractivity contribution < 1.29 is 0 Å². The smallest absolute Gasteiger partial charge is 0.117 e. The van der Waals surface area contributed by atoms with Crippen molar-refractivity contribution in [3.05, 3.63) is 24.3 Å². The van der Waals surface area contributed by atoms with Gasteiger partial charge in [0.25, 0.3) is 0 Å². The summed E-state index contributed by atoms with van der Waals surface area (Å²) in [7, 11) is 0. The highest BCUT2D eigenvalue weighted by Gasteiger charge is 2.41. The number of rotatable bonds is 5. The second kappa shape index (κ2) is 4.46. The van der Waals surface area contributed by atoms with Crippen molar-refractivity contribution in [1.29, 1.82) is 0 Å². The van der Waals surface area contributed by atoms with E-state index < -0.39 is 0 Å². The zero-order chi connectivity index (χ0) is 11.7. The predicted molar refractivity (Wildman–Crippen MR) is 75.1 cm³/mol. The van der Waals surface area contributed by atoms with Crippen LogP contribution < -0.4 is 5.32 Å². The van der Waals surface area contributed by atoms with E-state index in [-0.39, 0.29) is 0 Å². The highest BCUT2D eigenvalue weighted by atomic mass is 35.5. The monoisotopic (exact) mass is 266 g/mol. The molecule has 0 aliphatic heterocycles. The minimum Gasteiger partial charge on any atom is -0.375 e. The minimum absolute atomic E-state index is 0.465. The summed E-state index contributed by atoms with van der Waals surface area (Å²) in [6.45, 7) is 1.03. The summed E-state index contributed by atoms with van der Waals surface area (Å²) in [5.74, 6) is 0.769. The molecule has 1 aliphatic carbocycles. The topological polar surface area (TPSA) is 24.9 Å². The number of hydrogen-bond donors (Lipinski definition) is 1. The highest BCUT2D eigenvalue weighted by Crippen LogP contribution is 2.49. The minimum atomic E-state index is 0.465. The average molecular weight is 267 g/mol. The lowest BCUT2D eigenvalue weighted by molar-refractivity contribution is 0.525. The molecule has 3 rings (SSSR count). The normalized spacial score (nSPS) is 17.2. The van der Waals surface area contributed by atoms with Crippen LogP contribution in [0.4, 0.5) is 5.00 Å². The molecule has 4 heteroatoms. The van der Waals surface area contributed by atoms with Crippen LogP contribution in [0, 0.1) is 5.41 Å². The van der Waals surface area contributed by atoms with Crippen LogP contribution in [0.5, 0.6) is 0 Å². The lowest BCUT2D eigenvalue weighted by Crippen LogP contribution is -2.15. The van der Waals surface area contributed by atoms with Crippen LogP contribution in [-0.2, 0) is 0 Å². The number of aromatic nitrogens is 1. The molecule has 1 aromatic heterocycles. The molecule has 1 saturated carbocycles. The Balaban J connectivity index is 1.73. The van der Waals surface area contributed by atoms with E-state index in [9.17, 15) is 0 Å². The van der Waals surface area contributed by atoms with Crippen molar-refractivity contribution in [2.75, 3.05) is 17.7 Å². The number of nitrogens with one attached hydrogen (secondary N) is 1. The van der Waals surface area contributed by atoms with Crippen LogP contribution >= 0.6 is 23.1 Å². The third-order valence-corrected chi connectivity index (χ3v) is 4.61. The quantitative estimate of drug-likeness (QED) is 0.824. The summed E-state index contributed by atoms with van der Waals surface area (Å²) < 4.78 is 4.44. The molecular formula is C13H15ClN2S. The fourth-order valence-corrected chi connectivity index (χ4v) is 3.33. The van der Waals surface area contributed by atoms with Gasteiger partial charge < -0.3 is 5.32 Å². The van der Waals surface area contributed by atoms with Gasteiger partial charge in [0.05, 0.1) is 5.52 Å². The molecule has 0 spiro atoms. The van der Waals surface area contributed by atoms with E-state index in [1.807, 2.05) is 6.07 Å². The molecular weight excluding hydrogens is 252 g/mol. The Morgan fingerprint density at radius 2 is 2.18 bits per heavy atom. The van der Waals surface area contributed by atoms with Gasteiger partial charge in [-0.05, 0) is 48.3 Å². The fourth-order valence-electron chi connectivity index (χ4n) is 2.18. The summed E-state index contributed by atoms with van der Waals surface area (Å²) in [5.41, 5.74) is 1.55. The van der Waals surface area contributed by atoms with E-state index in [2.05, 4.69) is 27.9 Å². The lowest BCUT2D eigenvalue weighted by atomic mass is 10.0. The first-order chi connectivity index (χ1) is 8.33. The Hall–Kier alpha value is -0.800. The number of benzene rings is 1. The SMILES string of the molecule is ClCCC1(CNc2snc3ccccc23)CC1. The van der Waals surface area contributed by atoms with E-state index in [1.54, 1.807) is 11.5 Å². The summed E-state index contributed by atoms with van der Waals surface area (Å²) in [6.07, 6.45) is 3.74. The molecule has 0 saturated heterocycles. The third kappa shape index (κ3) is 2.26. The van der Waals surface area contributed by atoms with Gasteiger partial charge in [0.15, 0.2) is 0 Å². The summed E-state index contributed by atoms with van der Waals surface area (Å²) in [5, 5.41) is 5.98. The van der Waals surface area contributed by atoms with Crippen molar-refractivity contribution in [2.24, 2.45) is 5.41 Å². The maximum Gasteiger partial charge on any atom is 0.117 e. The zero-order valence-electron chi connectivity index (χ0n) is 9.58. The number of alkyl halides is 1. The molecule has 1 aliphatic rings. The first-order valence-electron chi connectivity index (χ1n) is 5.97. The predicted octanol–water partition coefficient (Wildman–Crippen LogP) is 4.12. The van der Waals surface area contributed by atoms with E-state index in [0.29, 0.717) is 5.41 Å². The Morgan fingerprint density at radius 1 is 1.35 bits per heavy atom. The third-order valence-electron chi connectivity index (χ3n) is 3.59. The van der Waals surface area contributed by atoms with Crippen molar-refractivity contribution in [1.82, 2.24) is 4.37 Å². The van der Waals surface area contributed by atoms with Crippen molar-refractivity contribution in [3.8, 4) is 0 Å². The largest absolute Gasteiger partial charge is 0.375 e. The molecule has 2 nitrogen and oxygen atoms in total. The molecule has 2 aromatic rings. The molecule has 0 bridgehead atoms. The van der Waals surface area contributed by atoms with Crippen molar-refractivity contribution in [3.63, 3.8) is 0 Å². The van der Waals surface area contributed by atoms with E-state index in [0.717, 1.165) is 24.4 Å². The Morgan fingerprint density at radius 3 is 2.94 bits per heavy atom. The van der Waals surface area contributed by atoms with Crippen molar-refractivity contribution in [2.45, 2.75) is 19.3 Å². The molecule has 1 fully saturated rings.